The van der Waals surface area contributed by atoms with E-state index in [1.54, 1.807) is 55.5 Å². The predicted molar refractivity (Wildman–Crippen MR) is 109 cm³/mol. The van der Waals surface area contributed by atoms with Gasteiger partial charge in [0.2, 0.25) is 5.91 Å². The topological polar surface area (TPSA) is 84.5 Å². The van der Waals surface area contributed by atoms with Crippen molar-refractivity contribution in [2.45, 2.75) is 33.6 Å². The van der Waals surface area contributed by atoms with E-state index in [1.165, 1.54) is 0 Å². The average Bonchev–Trinajstić information content (AvgIpc) is 2.70. The summed E-state index contributed by atoms with van der Waals surface area (Å²) in [6.45, 7) is 6.03. The molecule has 0 aliphatic carbocycles. The van der Waals surface area contributed by atoms with Gasteiger partial charge in [-0.1, -0.05) is 13.8 Å². The minimum absolute atomic E-state index is 0.0103. The van der Waals surface area contributed by atoms with E-state index in [-0.39, 0.29) is 17.7 Å². The Morgan fingerprint density at radius 3 is 1.79 bits per heavy atom. The van der Waals surface area contributed by atoms with Gasteiger partial charge in [0.25, 0.3) is 5.91 Å². The lowest BCUT2D eigenvalue weighted by atomic mass is 10.0. The number of esters is 1. The average molecular weight is 382 g/mol. The third kappa shape index (κ3) is 5.67. The zero-order valence-corrected chi connectivity index (χ0v) is 16.5. The number of carbonyl (C=O) groups is 3. The normalized spacial score (nSPS) is 10.4. The summed E-state index contributed by atoms with van der Waals surface area (Å²) in [5, 5.41) is 5.65. The monoisotopic (exact) mass is 382 g/mol. The van der Waals surface area contributed by atoms with Crippen LogP contribution in [0.3, 0.4) is 0 Å². The molecule has 0 bridgehead atoms. The molecule has 148 valence electrons. The first-order valence-corrected chi connectivity index (χ1v) is 9.47. The maximum absolute atomic E-state index is 12.4. The Kier molecular flexibility index (Phi) is 7.75. The van der Waals surface area contributed by atoms with Crippen molar-refractivity contribution in [2.24, 2.45) is 5.92 Å². The first kappa shape index (κ1) is 21.2. The molecule has 2 rings (SSSR count). The van der Waals surface area contributed by atoms with Crippen LogP contribution in [0.25, 0.3) is 0 Å². The van der Waals surface area contributed by atoms with E-state index in [0.717, 1.165) is 12.8 Å². The summed E-state index contributed by atoms with van der Waals surface area (Å²) in [5.41, 5.74) is 2.13. The molecule has 0 spiro atoms. The lowest BCUT2D eigenvalue weighted by molar-refractivity contribution is -0.120. The van der Waals surface area contributed by atoms with Crippen molar-refractivity contribution in [1.29, 1.82) is 0 Å². The molecule has 0 aromatic heterocycles. The molecule has 0 heterocycles. The second-order valence-electron chi connectivity index (χ2n) is 6.33. The SMILES string of the molecule is CCOC(=O)c1ccc(NC(=O)c2ccc(NC(=O)C(CC)CC)cc2)cc1. The van der Waals surface area contributed by atoms with Crippen LogP contribution in [0, 0.1) is 5.92 Å². The molecular formula is C22H26N2O4. The number of anilines is 2. The number of hydrogen-bond acceptors (Lipinski definition) is 4. The first-order valence-electron chi connectivity index (χ1n) is 9.47. The second kappa shape index (κ2) is 10.3. The molecule has 2 N–H and O–H groups in total. The lowest BCUT2D eigenvalue weighted by Crippen LogP contribution is -2.21. The molecule has 2 aromatic carbocycles. The maximum atomic E-state index is 12.4. The van der Waals surface area contributed by atoms with Gasteiger partial charge < -0.3 is 15.4 Å². The number of nitrogens with one attached hydrogen (secondary N) is 2. The highest BCUT2D eigenvalue weighted by Crippen LogP contribution is 2.16. The summed E-state index contributed by atoms with van der Waals surface area (Å²) in [5.74, 6) is -0.697. The van der Waals surface area contributed by atoms with Gasteiger partial charge in [-0.15, -0.1) is 0 Å². The fourth-order valence-corrected chi connectivity index (χ4v) is 2.72. The molecule has 0 aliphatic rings. The number of hydrogen-bond donors (Lipinski definition) is 2. The van der Waals surface area contributed by atoms with Crippen molar-refractivity contribution < 1.29 is 19.1 Å². The molecule has 6 heteroatoms. The Morgan fingerprint density at radius 1 is 0.786 bits per heavy atom. The highest BCUT2D eigenvalue weighted by molar-refractivity contribution is 6.05. The second-order valence-corrected chi connectivity index (χ2v) is 6.33. The Bertz CT molecular complexity index is 809. The van der Waals surface area contributed by atoms with E-state index in [2.05, 4.69) is 10.6 Å². The molecule has 0 saturated carbocycles. The minimum Gasteiger partial charge on any atom is -0.462 e. The number of carbonyl (C=O) groups excluding carboxylic acids is 3. The summed E-state index contributed by atoms with van der Waals surface area (Å²) in [6.07, 6.45) is 1.58. The van der Waals surface area contributed by atoms with Gasteiger partial charge >= 0.3 is 5.97 Å². The summed E-state index contributed by atoms with van der Waals surface area (Å²) >= 11 is 0. The third-order valence-electron chi connectivity index (χ3n) is 4.42. The third-order valence-corrected chi connectivity index (χ3v) is 4.42. The van der Waals surface area contributed by atoms with Crippen molar-refractivity contribution in [1.82, 2.24) is 0 Å². The first-order chi connectivity index (χ1) is 13.5. The van der Waals surface area contributed by atoms with Crippen LogP contribution in [-0.4, -0.2) is 24.4 Å². The molecule has 0 unspecified atom stereocenters. The fraction of sp³-hybridized carbons (Fsp3) is 0.318. The van der Waals surface area contributed by atoms with Gasteiger partial charge in [-0.3, -0.25) is 9.59 Å². The Hall–Kier alpha value is -3.15. The van der Waals surface area contributed by atoms with Crippen molar-refractivity contribution >= 4 is 29.2 Å². The van der Waals surface area contributed by atoms with E-state index in [1.807, 2.05) is 13.8 Å². The number of rotatable bonds is 8. The van der Waals surface area contributed by atoms with E-state index < -0.39 is 5.97 Å². The molecule has 0 atom stereocenters. The standard InChI is InChI=1S/C22H26N2O4/c1-4-15(5-2)20(25)23-18-11-7-16(8-12-18)21(26)24-19-13-9-17(10-14-19)22(27)28-6-3/h7-15H,4-6H2,1-3H3,(H,23,25)(H,24,26). The molecular weight excluding hydrogens is 356 g/mol. The maximum Gasteiger partial charge on any atom is 0.338 e. The van der Waals surface area contributed by atoms with Crippen LogP contribution in [0.1, 0.15) is 54.3 Å². The van der Waals surface area contributed by atoms with Gasteiger partial charge in [-0.2, -0.15) is 0 Å². The summed E-state index contributed by atoms with van der Waals surface area (Å²) in [6, 6.07) is 13.2. The molecule has 6 nitrogen and oxygen atoms in total. The quantitative estimate of drug-likeness (QED) is 0.659. The number of benzene rings is 2. The lowest BCUT2D eigenvalue weighted by Gasteiger charge is -2.13. The van der Waals surface area contributed by atoms with Gasteiger partial charge in [0.15, 0.2) is 0 Å². The molecule has 0 radical (unpaired) electrons. The van der Waals surface area contributed by atoms with Crippen LogP contribution in [-0.2, 0) is 9.53 Å². The van der Waals surface area contributed by atoms with E-state index in [4.69, 9.17) is 4.74 Å². The van der Waals surface area contributed by atoms with Crippen LogP contribution in [0.2, 0.25) is 0 Å². The predicted octanol–water partition coefficient (Wildman–Crippen LogP) is 4.49. The van der Waals surface area contributed by atoms with Crippen LogP contribution in [0.5, 0.6) is 0 Å². The Labute approximate surface area is 165 Å². The Balaban J connectivity index is 1.97. The minimum atomic E-state index is -0.397. The molecule has 28 heavy (non-hydrogen) atoms. The largest absolute Gasteiger partial charge is 0.462 e. The van der Waals surface area contributed by atoms with Crippen LogP contribution >= 0.6 is 0 Å². The van der Waals surface area contributed by atoms with Crippen molar-refractivity contribution in [3.63, 3.8) is 0 Å². The molecule has 0 saturated heterocycles. The highest BCUT2D eigenvalue weighted by Gasteiger charge is 2.14. The molecule has 2 amide bonds. The van der Waals surface area contributed by atoms with Crippen molar-refractivity contribution in [3.05, 3.63) is 59.7 Å². The van der Waals surface area contributed by atoms with Crippen LogP contribution in [0.4, 0.5) is 11.4 Å². The smallest absolute Gasteiger partial charge is 0.338 e. The number of amides is 2. The van der Waals surface area contributed by atoms with Crippen LogP contribution in [0.15, 0.2) is 48.5 Å². The van der Waals surface area contributed by atoms with Gasteiger partial charge in [-0.25, -0.2) is 4.79 Å². The highest BCUT2D eigenvalue weighted by atomic mass is 16.5. The molecule has 0 aliphatic heterocycles. The zero-order valence-electron chi connectivity index (χ0n) is 16.5. The summed E-state index contributed by atoms with van der Waals surface area (Å²) < 4.78 is 4.93. The van der Waals surface area contributed by atoms with Crippen LogP contribution < -0.4 is 10.6 Å². The number of ether oxygens (including phenoxy) is 1. The summed E-state index contributed by atoms with van der Waals surface area (Å²) in [4.78, 5) is 36.2. The van der Waals surface area contributed by atoms with E-state index >= 15 is 0 Å². The van der Waals surface area contributed by atoms with E-state index in [0.29, 0.717) is 29.1 Å². The van der Waals surface area contributed by atoms with Gasteiger partial charge in [0.1, 0.15) is 0 Å². The van der Waals surface area contributed by atoms with Gasteiger partial charge in [0.05, 0.1) is 12.2 Å². The van der Waals surface area contributed by atoms with Gasteiger partial charge in [-0.05, 0) is 68.3 Å². The summed E-state index contributed by atoms with van der Waals surface area (Å²) in [7, 11) is 0. The fourth-order valence-electron chi connectivity index (χ4n) is 2.72. The van der Waals surface area contributed by atoms with E-state index in [9.17, 15) is 14.4 Å². The van der Waals surface area contributed by atoms with Gasteiger partial charge in [0, 0.05) is 22.9 Å². The Morgan fingerprint density at radius 2 is 1.29 bits per heavy atom. The van der Waals surface area contributed by atoms with Crippen molar-refractivity contribution in [3.8, 4) is 0 Å². The molecule has 2 aromatic rings. The zero-order chi connectivity index (χ0) is 20.5. The van der Waals surface area contributed by atoms with Crippen molar-refractivity contribution in [2.75, 3.05) is 17.2 Å². The molecule has 0 fully saturated rings.